The number of alkyl halides is 3. The predicted octanol–water partition coefficient (Wildman–Crippen LogP) is 1.65. The summed E-state index contributed by atoms with van der Waals surface area (Å²) < 4.78 is -2.19. The number of rotatable bonds is 0. The van der Waals surface area contributed by atoms with E-state index in [1.165, 1.54) is 0 Å². The second kappa shape index (κ2) is 2.62. The molecule has 8 heavy (non-hydrogen) atoms. The molecule has 0 aliphatic carbocycles. The molecule has 46 valence electrons. The van der Waals surface area contributed by atoms with Gasteiger partial charge in [-0.3, -0.25) is 4.79 Å². The minimum atomic E-state index is -2.19. The fraction of sp³-hybridized carbons (Fsp3) is 0.500. The quantitative estimate of drug-likeness (QED) is 0.416. The monoisotopic (exact) mass is 175 g/mol. The molecule has 0 heterocycles. The number of nitroso groups, excluding NO2 is 1. The van der Waals surface area contributed by atoms with Crippen LogP contribution in [0.15, 0.2) is 5.18 Å². The topological polar surface area (TPSA) is 46.5 Å². The molecule has 0 radical (unpaired) electrons. The zero-order valence-electron chi connectivity index (χ0n) is 3.40. The van der Waals surface area contributed by atoms with Crippen LogP contribution in [0.3, 0.4) is 0 Å². The Balaban J connectivity index is 4.02. The van der Waals surface area contributed by atoms with Crippen molar-refractivity contribution in [3.8, 4) is 0 Å². The Labute approximate surface area is 59.9 Å². The molecule has 0 saturated heterocycles. The summed E-state index contributed by atoms with van der Waals surface area (Å²) in [7, 11) is 0. The third-order valence-corrected chi connectivity index (χ3v) is 0.810. The molecule has 0 unspecified atom stereocenters. The number of hydrogen-bond donors (Lipinski definition) is 0. The van der Waals surface area contributed by atoms with E-state index in [1.54, 1.807) is 0 Å². The van der Waals surface area contributed by atoms with Gasteiger partial charge in [0.25, 0.3) is 3.79 Å². The summed E-state index contributed by atoms with van der Waals surface area (Å²) in [5, 5.41) is 1.88. The smallest absolute Gasteiger partial charge is 0.264 e. The molecular formula is C2Cl3NO2. The molecule has 0 N–H and O–H groups in total. The summed E-state index contributed by atoms with van der Waals surface area (Å²) in [5.41, 5.74) is 0. The minimum absolute atomic E-state index is 1.30. The van der Waals surface area contributed by atoms with Crippen LogP contribution in [0, 0.1) is 4.91 Å². The summed E-state index contributed by atoms with van der Waals surface area (Å²) in [4.78, 5) is 19.3. The molecule has 0 aromatic heterocycles. The van der Waals surface area contributed by atoms with Crippen molar-refractivity contribution < 1.29 is 4.79 Å². The standard InChI is InChI=1S/C2Cl3NO2/c3-2(4,5)1(7)6-8. The molecule has 0 rings (SSSR count). The van der Waals surface area contributed by atoms with Gasteiger partial charge in [0.2, 0.25) is 0 Å². The molecule has 0 aliphatic rings. The molecule has 0 saturated carbocycles. The Bertz CT molecular complexity index is 117. The van der Waals surface area contributed by atoms with Crippen molar-refractivity contribution in [2.45, 2.75) is 3.79 Å². The first-order valence-electron chi connectivity index (χ1n) is 1.43. The van der Waals surface area contributed by atoms with Crippen LogP contribution in [0.25, 0.3) is 0 Å². The van der Waals surface area contributed by atoms with Gasteiger partial charge in [-0.25, -0.2) is 0 Å². The highest BCUT2D eigenvalue weighted by atomic mass is 35.6. The zero-order chi connectivity index (χ0) is 6.78. The van der Waals surface area contributed by atoms with Crippen LogP contribution in [-0.4, -0.2) is 9.70 Å². The van der Waals surface area contributed by atoms with Crippen LogP contribution in [0.1, 0.15) is 0 Å². The largest absolute Gasteiger partial charge is 0.337 e. The lowest BCUT2D eigenvalue weighted by Gasteiger charge is -1.98. The Hall–Kier alpha value is 0.140. The summed E-state index contributed by atoms with van der Waals surface area (Å²) in [6, 6.07) is 0. The van der Waals surface area contributed by atoms with E-state index >= 15 is 0 Å². The number of halogens is 3. The SMILES string of the molecule is O=NC(=O)C(Cl)(Cl)Cl. The van der Waals surface area contributed by atoms with Crippen LogP contribution in [0.4, 0.5) is 0 Å². The maximum absolute atomic E-state index is 9.96. The summed E-state index contributed by atoms with van der Waals surface area (Å²) in [6.45, 7) is 0. The van der Waals surface area contributed by atoms with E-state index in [-0.39, 0.29) is 0 Å². The van der Waals surface area contributed by atoms with Crippen LogP contribution in [0.5, 0.6) is 0 Å². The molecule has 0 bridgehead atoms. The third kappa shape index (κ3) is 2.45. The van der Waals surface area contributed by atoms with Gasteiger partial charge in [-0.2, -0.15) is 0 Å². The van der Waals surface area contributed by atoms with Gasteiger partial charge in [-0.1, -0.05) is 34.8 Å². The normalized spacial score (nSPS) is 10.9. The van der Waals surface area contributed by atoms with Crippen molar-refractivity contribution >= 4 is 40.7 Å². The second-order valence-corrected chi connectivity index (χ2v) is 3.18. The lowest BCUT2D eigenvalue weighted by Crippen LogP contribution is -2.14. The van der Waals surface area contributed by atoms with E-state index in [2.05, 4.69) is 0 Å². The molecule has 1 amide bonds. The Kier molecular flexibility index (Phi) is 2.66. The van der Waals surface area contributed by atoms with E-state index in [9.17, 15) is 9.70 Å². The first-order chi connectivity index (χ1) is 3.48. The number of carbonyl (C=O) groups excluding carboxylic acids is 1. The Morgan fingerprint density at radius 3 is 1.75 bits per heavy atom. The maximum atomic E-state index is 9.96. The van der Waals surface area contributed by atoms with Gasteiger partial charge < -0.3 is 0 Å². The van der Waals surface area contributed by atoms with Gasteiger partial charge in [0.1, 0.15) is 0 Å². The van der Waals surface area contributed by atoms with E-state index in [4.69, 9.17) is 34.8 Å². The van der Waals surface area contributed by atoms with Crippen molar-refractivity contribution in [2.24, 2.45) is 5.18 Å². The summed E-state index contributed by atoms with van der Waals surface area (Å²) in [6.07, 6.45) is 0. The van der Waals surface area contributed by atoms with Crippen LogP contribution >= 0.6 is 34.8 Å². The molecule has 0 aromatic carbocycles. The maximum Gasteiger partial charge on any atom is 0.337 e. The average Bonchev–Trinajstić information content (AvgIpc) is 1.62. The lowest BCUT2D eigenvalue weighted by molar-refractivity contribution is -0.117. The van der Waals surface area contributed by atoms with Gasteiger partial charge in [-0.05, 0) is 0 Å². The minimum Gasteiger partial charge on any atom is -0.264 e. The number of nitrogens with zero attached hydrogens (tertiary/aromatic N) is 1. The molecule has 6 heteroatoms. The van der Waals surface area contributed by atoms with E-state index in [0.717, 1.165) is 0 Å². The second-order valence-electron chi connectivity index (χ2n) is 0.894. The third-order valence-electron chi connectivity index (χ3n) is 0.325. The average molecular weight is 176 g/mol. The lowest BCUT2D eigenvalue weighted by atomic mass is 10.7. The highest BCUT2D eigenvalue weighted by molar-refractivity contribution is 6.76. The van der Waals surface area contributed by atoms with Gasteiger partial charge in [0.05, 0.1) is 0 Å². The predicted molar refractivity (Wildman–Crippen MR) is 31.1 cm³/mol. The van der Waals surface area contributed by atoms with E-state index in [0.29, 0.717) is 0 Å². The van der Waals surface area contributed by atoms with Crippen molar-refractivity contribution in [3.63, 3.8) is 0 Å². The van der Waals surface area contributed by atoms with Crippen LogP contribution in [-0.2, 0) is 4.79 Å². The zero-order valence-corrected chi connectivity index (χ0v) is 5.67. The molecule has 0 aliphatic heterocycles. The molecule has 0 spiro atoms. The first-order valence-corrected chi connectivity index (χ1v) is 2.56. The molecule has 0 aromatic rings. The molecule has 0 atom stereocenters. The van der Waals surface area contributed by atoms with Crippen molar-refractivity contribution in [2.75, 3.05) is 0 Å². The van der Waals surface area contributed by atoms with Crippen molar-refractivity contribution in [1.82, 2.24) is 0 Å². The van der Waals surface area contributed by atoms with Gasteiger partial charge in [0.15, 0.2) is 0 Å². The molecular weight excluding hydrogens is 176 g/mol. The first kappa shape index (κ1) is 8.14. The molecule has 3 nitrogen and oxygen atoms in total. The fourth-order valence-corrected chi connectivity index (χ4v) is 0.155. The number of hydrogen-bond acceptors (Lipinski definition) is 2. The van der Waals surface area contributed by atoms with Gasteiger partial charge in [0, 0.05) is 5.18 Å². The highest BCUT2D eigenvalue weighted by Crippen LogP contribution is 2.26. The van der Waals surface area contributed by atoms with E-state index in [1.807, 2.05) is 5.18 Å². The van der Waals surface area contributed by atoms with E-state index < -0.39 is 9.70 Å². The van der Waals surface area contributed by atoms with Crippen molar-refractivity contribution in [1.29, 1.82) is 0 Å². The highest BCUT2D eigenvalue weighted by Gasteiger charge is 2.31. The molecule has 0 fully saturated rings. The van der Waals surface area contributed by atoms with Crippen LogP contribution < -0.4 is 0 Å². The number of carbonyl (C=O) groups is 1. The fourth-order valence-electron chi connectivity index (χ4n) is 0.0518. The van der Waals surface area contributed by atoms with Gasteiger partial charge in [-0.15, -0.1) is 4.91 Å². The number of amides is 1. The van der Waals surface area contributed by atoms with Crippen molar-refractivity contribution in [3.05, 3.63) is 4.91 Å². The summed E-state index contributed by atoms with van der Waals surface area (Å²) >= 11 is 14.6. The summed E-state index contributed by atoms with van der Waals surface area (Å²) in [5.74, 6) is -1.30. The van der Waals surface area contributed by atoms with Crippen LogP contribution in [0.2, 0.25) is 0 Å². The van der Waals surface area contributed by atoms with Gasteiger partial charge >= 0.3 is 5.91 Å². The Morgan fingerprint density at radius 1 is 1.38 bits per heavy atom. The Morgan fingerprint density at radius 2 is 1.75 bits per heavy atom.